The molecule has 0 aliphatic carbocycles. The second-order valence-corrected chi connectivity index (χ2v) is 7.78. The van der Waals surface area contributed by atoms with E-state index in [4.69, 9.17) is 24.4 Å². The van der Waals surface area contributed by atoms with Crippen LogP contribution in [0.1, 0.15) is 25.3 Å². The molecule has 5 unspecified atom stereocenters. The van der Waals surface area contributed by atoms with Gasteiger partial charge in [0.1, 0.15) is 36.8 Å². The lowest BCUT2D eigenvalue weighted by molar-refractivity contribution is -0.325. The Morgan fingerprint density at radius 3 is 2.12 bits per heavy atom. The summed E-state index contributed by atoms with van der Waals surface area (Å²) in [5.74, 6) is -3.50. The fourth-order valence-corrected chi connectivity index (χ4v) is 3.18. The Bertz CT molecular complexity index is 849. The van der Waals surface area contributed by atoms with Crippen molar-refractivity contribution < 1.29 is 59.2 Å². The van der Waals surface area contributed by atoms with Crippen LogP contribution in [0.2, 0.25) is 0 Å². The zero-order valence-corrected chi connectivity index (χ0v) is 17.6. The predicted octanol–water partition coefficient (Wildman–Crippen LogP) is -0.519. The van der Waals surface area contributed by atoms with Gasteiger partial charge in [-0.05, 0) is 30.7 Å². The van der Waals surface area contributed by atoms with E-state index >= 15 is 0 Å². The zero-order chi connectivity index (χ0) is 24.8. The number of ether oxygens (including phenoxy) is 3. The Balaban J connectivity index is 2.03. The van der Waals surface area contributed by atoms with E-state index in [0.29, 0.717) is 5.56 Å². The SMILES string of the molecule is CC(CC(=O)O)(CC(=O)O)OC1OC(COC(=O)C=Cc2ccc(O)cc2)C(O)C(O)C1O. The molecular formula is C21H26O12. The number of phenols is 1. The summed E-state index contributed by atoms with van der Waals surface area (Å²) in [4.78, 5) is 34.2. The molecule has 0 bridgehead atoms. The Morgan fingerprint density at radius 1 is 1.00 bits per heavy atom. The number of benzene rings is 1. The third kappa shape index (κ3) is 7.80. The van der Waals surface area contributed by atoms with Crippen LogP contribution in [0.5, 0.6) is 5.75 Å². The summed E-state index contributed by atoms with van der Waals surface area (Å²) in [6.07, 6.45) is -7.38. The molecule has 5 atom stereocenters. The largest absolute Gasteiger partial charge is 0.508 e. The number of phenolic OH excluding ortho intramolecular Hbond substituents is 1. The van der Waals surface area contributed by atoms with Gasteiger partial charge in [-0.1, -0.05) is 12.1 Å². The van der Waals surface area contributed by atoms with Crippen molar-refractivity contribution in [3.63, 3.8) is 0 Å². The van der Waals surface area contributed by atoms with Gasteiger partial charge < -0.3 is 44.8 Å². The van der Waals surface area contributed by atoms with E-state index in [1.165, 1.54) is 25.1 Å². The molecule has 6 N–H and O–H groups in total. The van der Waals surface area contributed by atoms with Gasteiger partial charge in [0, 0.05) is 6.08 Å². The lowest BCUT2D eigenvalue weighted by Gasteiger charge is -2.43. The van der Waals surface area contributed by atoms with Gasteiger partial charge >= 0.3 is 17.9 Å². The van der Waals surface area contributed by atoms with Gasteiger partial charge in [-0.25, -0.2) is 4.79 Å². The summed E-state index contributed by atoms with van der Waals surface area (Å²) in [5, 5.41) is 57.8. The number of carbonyl (C=O) groups is 3. The summed E-state index contributed by atoms with van der Waals surface area (Å²) in [6, 6.07) is 5.95. The fraction of sp³-hybridized carbons (Fsp3) is 0.476. The summed E-state index contributed by atoms with van der Waals surface area (Å²) in [7, 11) is 0. The van der Waals surface area contributed by atoms with E-state index < -0.39 is 73.7 Å². The van der Waals surface area contributed by atoms with Crippen LogP contribution in [-0.2, 0) is 28.6 Å². The highest BCUT2D eigenvalue weighted by atomic mass is 16.7. The number of aromatic hydroxyl groups is 1. The molecule has 0 amide bonds. The lowest BCUT2D eigenvalue weighted by atomic mass is 9.95. The van der Waals surface area contributed by atoms with Gasteiger partial charge in [-0.2, -0.15) is 0 Å². The van der Waals surface area contributed by atoms with E-state index in [1.54, 1.807) is 12.1 Å². The van der Waals surface area contributed by atoms with E-state index in [1.807, 2.05) is 0 Å². The minimum Gasteiger partial charge on any atom is -0.508 e. The molecular weight excluding hydrogens is 444 g/mol. The van der Waals surface area contributed by atoms with E-state index in [9.17, 15) is 34.8 Å². The van der Waals surface area contributed by atoms with Crippen molar-refractivity contribution in [1.29, 1.82) is 0 Å². The van der Waals surface area contributed by atoms with E-state index in [0.717, 1.165) is 6.08 Å². The van der Waals surface area contributed by atoms with Gasteiger partial charge in [-0.15, -0.1) is 0 Å². The van der Waals surface area contributed by atoms with Gasteiger partial charge in [0.2, 0.25) is 0 Å². The normalized spacial score (nSPS) is 25.6. The standard InChI is InChI=1S/C21H26O12/c1-21(8-14(23)24,9-15(25)26)33-20-19(30)18(29)17(28)13(32-20)10-31-16(27)7-4-11-2-5-12(22)6-3-11/h2-7,13,17-20,22,28-30H,8-10H2,1H3,(H,23,24)(H,25,26). The third-order valence-electron chi connectivity index (χ3n) is 4.81. The number of aliphatic hydroxyl groups excluding tert-OH is 3. The molecule has 12 heteroatoms. The molecule has 2 rings (SSSR count). The first-order valence-corrected chi connectivity index (χ1v) is 9.85. The van der Waals surface area contributed by atoms with Crippen LogP contribution in [0.3, 0.4) is 0 Å². The van der Waals surface area contributed by atoms with E-state index in [-0.39, 0.29) is 5.75 Å². The monoisotopic (exact) mass is 470 g/mol. The van der Waals surface area contributed by atoms with Crippen LogP contribution < -0.4 is 0 Å². The number of esters is 1. The van der Waals surface area contributed by atoms with Crippen LogP contribution in [0.4, 0.5) is 0 Å². The number of rotatable bonds is 10. The first-order chi connectivity index (χ1) is 15.4. The molecule has 0 saturated carbocycles. The Hall–Kier alpha value is -3.03. The quantitative estimate of drug-likeness (QED) is 0.189. The molecule has 0 aromatic heterocycles. The van der Waals surface area contributed by atoms with Crippen LogP contribution in [-0.4, -0.2) is 91.5 Å². The van der Waals surface area contributed by atoms with Crippen LogP contribution in [0, 0.1) is 0 Å². The van der Waals surface area contributed by atoms with Gasteiger partial charge in [-0.3, -0.25) is 9.59 Å². The fourth-order valence-electron chi connectivity index (χ4n) is 3.18. The van der Waals surface area contributed by atoms with Gasteiger partial charge in [0.25, 0.3) is 0 Å². The molecule has 12 nitrogen and oxygen atoms in total. The highest BCUT2D eigenvalue weighted by Crippen LogP contribution is 2.29. The molecule has 1 heterocycles. The highest BCUT2D eigenvalue weighted by Gasteiger charge is 2.47. The van der Waals surface area contributed by atoms with Gasteiger partial charge in [0.15, 0.2) is 6.29 Å². The maximum absolute atomic E-state index is 12.0. The summed E-state index contributed by atoms with van der Waals surface area (Å²) in [5.41, 5.74) is -1.21. The first-order valence-electron chi connectivity index (χ1n) is 9.85. The first kappa shape index (κ1) is 26.2. The van der Waals surface area contributed by atoms with Crippen molar-refractivity contribution in [2.75, 3.05) is 6.61 Å². The zero-order valence-electron chi connectivity index (χ0n) is 17.6. The maximum atomic E-state index is 12.0. The topological polar surface area (TPSA) is 200 Å². The molecule has 1 fully saturated rings. The van der Waals surface area contributed by atoms with Gasteiger partial charge in [0.05, 0.1) is 18.4 Å². The number of aliphatic carboxylic acids is 2. The molecule has 1 saturated heterocycles. The second-order valence-electron chi connectivity index (χ2n) is 7.78. The Labute approximate surface area is 188 Å². The molecule has 33 heavy (non-hydrogen) atoms. The van der Waals surface area contributed by atoms with Crippen LogP contribution in [0.15, 0.2) is 30.3 Å². The number of carbonyl (C=O) groups excluding carboxylic acids is 1. The van der Waals surface area contributed by atoms with Crippen LogP contribution >= 0.6 is 0 Å². The smallest absolute Gasteiger partial charge is 0.330 e. The van der Waals surface area contributed by atoms with Crippen molar-refractivity contribution in [2.45, 2.75) is 56.1 Å². The molecule has 1 aliphatic rings. The molecule has 1 aromatic carbocycles. The highest BCUT2D eigenvalue weighted by molar-refractivity contribution is 5.87. The van der Waals surface area contributed by atoms with Crippen LogP contribution in [0.25, 0.3) is 6.08 Å². The molecule has 0 spiro atoms. The predicted molar refractivity (Wildman–Crippen MR) is 109 cm³/mol. The summed E-state index contributed by atoms with van der Waals surface area (Å²) in [6.45, 7) is 0.629. The number of hydrogen-bond donors (Lipinski definition) is 6. The maximum Gasteiger partial charge on any atom is 0.330 e. The third-order valence-corrected chi connectivity index (χ3v) is 4.81. The molecule has 1 aromatic rings. The average Bonchev–Trinajstić information content (AvgIpc) is 2.71. The van der Waals surface area contributed by atoms with Crippen molar-refractivity contribution in [1.82, 2.24) is 0 Å². The number of hydrogen-bond acceptors (Lipinski definition) is 10. The summed E-state index contributed by atoms with van der Waals surface area (Å²) < 4.78 is 15.8. The molecule has 0 radical (unpaired) electrons. The molecule has 182 valence electrons. The second kappa shape index (κ2) is 11.2. The van der Waals surface area contributed by atoms with Crippen molar-refractivity contribution in [3.05, 3.63) is 35.9 Å². The Morgan fingerprint density at radius 2 is 1.58 bits per heavy atom. The van der Waals surface area contributed by atoms with Crippen molar-refractivity contribution in [3.8, 4) is 5.75 Å². The molecule has 1 aliphatic heterocycles. The number of carboxylic acids is 2. The summed E-state index contributed by atoms with van der Waals surface area (Å²) >= 11 is 0. The number of aliphatic hydroxyl groups is 3. The average molecular weight is 470 g/mol. The minimum atomic E-state index is -1.83. The van der Waals surface area contributed by atoms with E-state index in [2.05, 4.69) is 0 Å². The minimum absolute atomic E-state index is 0.0542. The van der Waals surface area contributed by atoms with Crippen molar-refractivity contribution >= 4 is 24.0 Å². The number of carboxylic acid groups (broad SMARTS) is 2. The Kier molecular flexibility index (Phi) is 8.91. The lowest BCUT2D eigenvalue weighted by Crippen LogP contribution is -2.61. The van der Waals surface area contributed by atoms with Crippen molar-refractivity contribution in [2.24, 2.45) is 0 Å².